The van der Waals surface area contributed by atoms with E-state index in [0.717, 1.165) is 24.4 Å². The van der Waals surface area contributed by atoms with Crippen molar-refractivity contribution in [3.8, 4) is 11.5 Å². The first-order valence-corrected chi connectivity index (χ1v) is 6.96. The Morgan fingerprint density at radius 3 is 2.31 bits per heavy atom. The second-order valence-electron chi connectivity index (χ2n) is 4.88. The number of non-ortho nitro benzene ring substituents is 2. The van der Waals surface area contributed by atoms with Crippen molar-refractivity contribution >= 4 is 23.5 Å². The molecule has 0 fully saturated rings. The van der Waals surface area contributed by atoms with Crippen molar-refractivity contribution in [1.82, 2.24) is 5.43 Å². The Bertz CT molecular complexity index is 879. The van der Waals surface area contributed by atoms with Crippen molar-refractivity contribution in [2.45, 2.75) is 0 Å². The fraction of sp³-hybridized carbons (Fsp3) is 0.0667. The van der Waals surface area contributed by atoms with Crippen LogP contribution in [0, 0.1) is 20.2 Å². The summed E-state index contributed by atoms with van der Waals surface area (Å²) in [5, 5.41) is 35.0. The highest BCUT2D eigenvalue weighted by molar-refractivity contribution is 5.96. The lowest BCUT2D eigenvalue weighted by molar-refractivity contribution is -0.394. The summed E-state index contributed by atoms with van der Waals surface area (Å²) in [4.78, 5) is 32.0. The molecule has 11 nitrogen and oxygen atoms in total. The molecule has 0 bridgehead atoms. The van der Waals surface area contributed by atoms with E-state index in [2.05, 4.69) is 10.5 Å². The van der Waals surface area contributed by atoms with Crippen molar-refractivity contribution in [2.24, 2.45) is 5.10 Å². The lowest BCUT2D eigenvalue weighted by Gasteiger charge is -2.03. The van der Waals surface area contributed by atoms with E-state index in [4.69, 9.17) is 4.74 Å². The Balaban J connectivity index is 2.22. The monoisotopic (exact) mass is 360 g/mol. The molecule has 0 aliphatic rings. The molecule has 0 saturated carbocycles. The minimum atomic E-state index is -0.893. The van der Waals surface area contributed by atoms with Gasteiger partial charge in [-0.2, -0.15) is 5.10 Å². The van der Waals surface area contributed by atoms with Gasteiger partial charge in [-0.05, 0) is 18.2 Å². The van der Waals surface area contributed by atoms with Crippen LogP contribution in [0.3, 0.4) is 0 Å². The highest BCUT2D eigenvalue weighted by atomic mass is 16.6. The topological polar surface area (TPSA) is 157 Å². The molecule has 0 unspecified atom stereocenters. The number of carbonyl (C=O) groups is 1. The predicted octanol–water partition coefficient (Wildman–Crippen LogP) is 1.98. The van der Waals surface area contributed by atoms with Gasteiger partial charge >= 0.3 is 0 Å². The zero-order valence-corrected chi connectivity index (χ0v) is 13.3. The first-order valence-electron chi connectivity index (χ1n) is 6.96. The summed E-state index contributed by atoms with van der Waals surface area (Å²) in [5.74, 6) is -0.560. The van der Waals surface area contributed by atoms with Crippen LogP contribution in [0.1, 0.15) is 15.9 Å². The minimum absolute atomic E-state index is 0.116. The Kier molecular flexibility index (Phi) is 5.43. The van der Waals surface area contributed by atoms with Gasteiger partial charge in [-0.15, -0.1) is 0 Å². The number of nitro groups is 2. The second-order valence-corrected chi connectivity index (χ2v) is 4.88. The molecule has 2 aromatic carbocycles. The molecule has 0 radical (unpaired) electrons. The van der Waals surface area contributed by atoms with Gasteiger partial charge in [-0.1, -0.05) is 0 Å². The number of phenolic OH excluding ortho intramolecular Hbond substituents is 1. The Morgan fingerprint density at radius 1 is 1.15 bits per heavy atom. The van der Waals surface area contributed by atoms with Crippen LogP contribution in [0.25, 0.3) is 0 Å². The minimum Gasteiger partial charge on any atom is -0.507 e. The zero-order valence-electron chi connectivity index (χ0n) is 13.3. The van der Waals surface area contributed by atoms with Gasteiger partial charge in [-0.3, -0.25) is 25.0 Å². The molecule has 2 N–H and O–H groups in total. The number of aromatic hydroxyl groups is 1. The summed E-state index contributed by atoms with van der Waals surface area (Å²) >= 11 is 0. The maximum Gasteiger partial charge on any atom is 0.277 e. The van der Waals surface area contributed by atoms with Crippen LogP contribution < -0.4 is 10.2 Å². The molecule has 0 saturated heterocycles. The van der Waals surface area contributed by atoms with E-state index >= 15 is 0 Å². The largest absolute Gasteiger partial charge is 0.507 e. The van der Waals surface area contributed by atoms with Crippen molar-refractivity contribution in [3.05, 3.63) is 67.8 Å². The zero-order chi connectivity index (χ0) is 19.3. The molecule has 0 aliphatic carbocycles. The molecule has 2 aromatic rings. The fourth-order valence-electron chi connectivity index (χ4n) is 1.93. The van der Waals surface area contributed by atoms with Crippen LogP contribution in [0.5, 0.6) is 11.5 Å². The van der Waals surface area contributed by atoms with Crippen molar-refractivity contribution < 1.29 is 24.5 Å². The van der Waals surface area contributed by atoms with E-state index in [9.17, 15) is 30.1 Å². The van der Waals surface area contributed by atoms with Crippen molar-refractivity contribution in [1.29, 1.82) is 0 Å². The fourth-order valence-corrected chi connectivity index (χ4v) is 1.93. The second kappa shape index (κ2) is 7.70. The lowest BCUT2D eigenvalue weighted by atomic mass is 10.1. The summed E-state index contributed by atoms with van der Waals surface area (Å²) in [6, 6.07) is 6.87. The average Bonchev–Trinajstić information content (AvgIpc) is 2.62. The third-order valence-electron chi connectivity index (χ3n) is 3.19. The molecule has 134 valence electrons. The van der Waals surface area contributed by atoms with Gasteiger partial charge in [0.15, 0.2) is 0 Å². The standard InChI is InChI=1S/C15H12N4O7/c1-26-13-2-3-14(20)10(6-13)8-16-17-15(21)9-4-11(18(22)23)7-12(5-9)19(24)25/h2-8,20H,1H3,(H,17,21)/b16-8+. The number of hydrazone groups is 1. The number of rotatable bonds is 6. The summed E-state index contributed by atoms with van der Waals surface area (Å²) < 4.78 is 4.99. The number of amides is 1. The van der Waals surface area contributed by atoms with Crippen LogP contribution >= 0.6 is 0 Å². The van der Waals surface area contributed by atoms with E-state index in [1.54, 1.807) is 0 Å². The van der Waals surface area contributed by atoms with E-state index in [1.165, 1.54) is 25.3 Å². The van der Waals surface area contributed by atoms with Gasteiger partial charge in [-0.25, -0.2) is 5.43 Å². The highest BCUT2D eigenvalue weighted by Gasteiger charge is 2.19. The van der Waals surface area contributed by atoms with E-state index in [0.29, 0.717) is 5.75 Å². The Morgan fingerprint density at radius 2 is 1.77 bits per heavy atom. The highest BCUT2D eigenvalue weighted by Crippen LogP contribution is 2.23. The maximum atomic E-state index is 12.0. The summed E-state index contributed by atoms with van der Waals surface area (Å²) in [7, 11) is 1.43. The van der Waals surface area contributed by atoms with Crippen LogP contribution in [-0.4, -0.2) is 34.2 Å². The number of methoxy groups -OCH3 is 1. The van der Waals surface area contributed by atoms with E-state index in [1.807, 2.05) is 0 Å². The number of nitrogens with one attached hydrogen (secondary N) is 1. The molecule has 0 aliphatic heterocycles. The third-order valence-corrected chi connectivity index (χ3v) is 3.19. The van der Waals surface area contributed by atoms with Crippen molar-refractivity contribution in [2.75, 3.05) is 7.11 Å². The lowest BCUT2D eigenvalue weighted by Crippen LogP contribution is -2.18. The maximum absolute atomic E-state index is 12.0. The Labute approximate surface area is 145 Å². The molecule has 2 rings (SSSR count). The van der Waals surface area contributed by atoms with Crippen LogP contribution in [0.4, 0.5) is 11.4 Å². The van der Waals surface area contributed by atoms with Gasteiger partial charge in [0, 0.05) is 17.7 Å². The van der Waals surface area contributed by atoms with Crippen LogP contribution in [0.15, 0.2) is 41.5 Å². The van der Waals surface area contributed by atoms with E-state index in [-0.39, 0.29) is 16.9 Å². The molecule has 26 heavy (non-hydrogen) atoms. The number of nitro benzene ring substituents is 2. The summed E-state index contributed by atoms with van der Waals surface area (Å²) in [6.07, 6.45) is 1.13. The van der Waals surface area contributed by atoms with Crippen molar-refractivity contribution in [3.63, 3.8) is 0 Å². The third kappa shape index (κ3) is 4.29. The van der Waals surface area contributed by atoms with Crippen LogP contribution in [0.2, 0.25) is 0 Å². The average molecular weight is 360 g/mol. The number of carbonyl (C=O) groups excluding carboxylic acids is 1. The number of phenols is 1. The molecular formula is C15H12N4O7. The summed E-state index contributed by atoms with van der Waals surface area (Å²) in [6.45, 7) is 0. The van der Waals surface area contributed by atoms with Gasteiger partial charge in [0.2, 0.25) is 0 Å². The van der Waals surface area contributed by atoms with Gasteiger partial charge in [0.1, 0.15) is 11.5 Å². The molecule has 0 spiro atoms. The molecule has 0 aromatic heterocycles. The molecule has 1 amide bonds. The first-order chi connectivity index (χ1) is 12.3. The van der Waals surface area contributed by atoms with Gasteiger partial charge in [0.05, 0.1) is 34.8 Å². The SMILES string of the molecule is COc1ccc(O)c(/C=N/NC(=O)c2cc([N+](=O)[O-])cc([N+](=O)[O-])c2)c1. The normalized spacial score (nSPS) is 10.5. The number of benzene rings is 2. The van der Waals surface area contributed by atoms with E-state index < -0.39 is 27.1 Å². The van der Waals surface area contributed by atoms with Gasteiger partial charge in [0.25, 0.3) is 17.3 Å². The Hall–Kier alpha value is -4.02. The predicted molar refractivity (Wildman–Crippen MR) is 89.5 cm³/mol. The summed E-state index contributed by atoms with van der Waals surface area (Å²) in [5.41, 5.74) is 0.819. The van der Waals surface area contributed by atoms with Crippen LogP contribution in [-0.2, 0) is 0 Å². The quantitative estimate of drug-likeness (QED) is 0.453. The number of ether oxygens (including phenoxy) is 1. The number of hydrogen-bond acceptors (Lipinski definition) is 8. The number of nitrogens with zero attached hydrogens (tertiary/aromatic N) is 3. The van der Waals surface area contributed by atoms with Gasteiger partial charge < -0.3 is 9.84 Å². The molecule has 0 atom stereocenters. The smallest absolute Gasteiger partial charge is 0.277 e. The first kappa shape index (κ1) is 18.3. The molecule has 11 heteroatoms. The molecule has 0 heterocycles. The number of hydrogen-bond donors (Lipinski definition) is 2. The molecular weight excluding hydrogens is 348 g/mol.